The molecule has 30 heavy (non-hydrogen) atoms. The summed E-state index contributed by atoms with van der Waals surface area (Å²) in [4.78, 5) is 24.5. The first kappa shape index (κ1) is 21.1. The van der Waals surface area contributed by atoms with Crippen LogP contribution in [0.15, 0.2) is 94.4 Å². The van der Waals surface area contributed by atoms with Crippen LogP contribution < -0.4 is 22.6 Å². The van der Waals surface area contributed by atoms with Gasteiger partial charge in [0, 0.05) is 17.5 Å². The topological polar surface area (TPSA) is 51.2 Å². The first-order valence-corrected chi connectivity index (χ1v) is 9.08. The van der Waals surface area contributed by atoms with E-state index in [0.717, 1.165) is 5.56 Å². The van der Waals surface area contributed by atoms with Gasteiger partial charge in [0.25, 0.3) is 0 Å². The zero-order valence-electron chi connectivity index (χ0n) is 15.8. The van der Waals surface area contributed by atoms with Crippen molar-refractivity contribution in [3.63, 3.8) is 0 Å². The maximum atomic E-state index is 13.8. The molecule has 0 bridgehead atoms. The number of nitrogens with zero attached hydrogens (tertiary/aromatic N) is 1. The predicted molar refractivity (Wildman–Crippen MR) is 108 cm³/mol. The first-order valence-electron chi connectivity index (χ1n) is 9.08. The number of allylic oxidation sites excluding steroid dienone is 1. The fraction of sp³-hybridized carbons (Fsp3) is 0.0417. The van der Waals surface area contributed by atoms with E-state index in [1.807, 2.05) is 22.8 Å². The van der Waals surface area contributed by atoms with Crippen LogP contribution in [0.1, 0.15) is 21.5 Å². The highest BCUT2D eigenvalue weighted by molar-refractivity contribution is 6.07. The van der Waals surface area contributed by atoms with Gasteiger partial charge in [-0.2, -0.15) is 0 Å². The minimum Gasteiger partial charge on any atom is -1.00 e. The lowest BCUT2D eigenvalue weighted by Crippen LogP contribution is -3.00. The number of ketones is 1. The molecule has 0 fully saturated rings. The SMILES string of the molecule is O=C(/C=C/c1cc[n+](Cc2ccccc2F)cc1)c1cc2ccccc2oc1=O.[Cl-]. The fourth-order valence-electron chi connectivity index (χ4n) is 3.00. The van der Waals surface area contributed by atoms with Gasteiger partial charge < -0.3 is 16.8 Å². The second-order valence-electron chi connectivity index (χ2n) is 6.58. The number of halogens is 2. The molecule has 0 spiro atoms. The number of aromatic nitrogens is 1. The van der Waals surface area contributed by atoms with Crippen LogP contribution in [-0.2, 0) is 6.54 Å². The lowest BCUT2D eigenvalue weighted by molar-refractivity contribution is -0.688. The van der Waals surface area contributed by atoms with Crippen molar-refractivity contribution in [1.82, 2.24) is 0 Å². The molecule has 0 aliphatic carbocycles. The van der Waals surface area contributed by atoms with E-state index in [2.05, 4.69) is 0 Å². The van der Waals surface area contributed by atoms with Crippen LogP contribution >= 0.6 is 0 Å². The van der Waals surface area contributed by atoms with Crippen molar-refractivity contribution >= 4 is 22.8 Å². The number of benzene rings is 2. The average Bonchev–Trinajstić information content (AvgIpc) is 2.74. The van der Waals surface area contributed by atoms with Gasteiger partial charge in [0.2, 0.25) is 0 Å². The number of hydrogen-bond acceptors (Lipinski definition) is 3. The van der Waals surface area contributed by atoms with Crippen molar-refractivity contribution in [2.45, 2.75) is 6.54 Å². The molecule has 0 saturated heterocycles. The average molecular weight is 422 g/mol. The highest BCUT2D eigenvalue weighted by Gasteiger charge is 2.11. The highest BCUT2D eigenvalue weighted by atomic mass is 35.5. The Kier molecular flexibility index (Phi) is 6.54. The number of para-hydroxylation sites is 1. The number of hydrogen-bond donors (Lipinski definition) is 0. The summed E-state index contributed by atoms with van der Waals surface area (Å²) >= 11 is 0. The molecule has 2 aromatic heterocycles. The molecule has 150 valence electrons. The van der Waals surface area contributed by atoms with Crippen molar-refractivity contribution in [2.75, 3.05) is 0 Å². The van der Waals surface area contributed by atoms with Crippen LogP contribution in [0.25, 0.3) is 17.0 Å². The number of pyridine rings is 1. The standard InChI is InChI=1S/C24H17FNO3.ClH/c25-21-7-3-1-6-19(21)16-26-13-11-17(12-14-26)9-10-22(27)20-15-18-5-2-4-8-23(18)29-24(20)28;/h1-15H,16H2;1H/q+1;/p-1/b10-9+;. The van der Waals surface area contributed by atoms with E-state index in [4.69, 9.17) is 4.42 Å². The molecule has 2 aromatic carbocycles. The summed E-state index contributed by atoms with van der Waals surface area (Å²) in [7, 11) is 0. The van der Waals surface area contributed by atoms with Crippen LogP contribution in [0.2, 0.25) is 0 Å². The maximum absolute atomic E-state index is 13.8. The van der Waals surface area contributed by atoms with E-state index in [9.17, 15) is 14.0 Å². The molecule has 6 heteroatoms. The fourth-order valence-corrected chi connectivity index (χ4v) is 3.00. The lowest BCUT2D eigenvalue weighted by Gasteiger charge is -2.00. The maximum Gasteiger partial charge on any atom is 0.347 e. The Morgan fingerprint density at radius 2 is 1.70 bits per heavy atom. The Morgan fingerprint density at radius 3 is 2.47 bits per heavy atom. The van der Waals surface area contributed by atoms with Crippen molar-refractivity contribution < 1.29 is 30.6 Å². The van der Waals surface area contributed by atoms with Crippen LogP contribution in [0.5, 0.6) is 0 Å². The summed E-state index contributed by atoms with van der Waals surface area (Å²) < 4.78 is 20.8. The van der Waals surface area contributed by atoms with Gasteiger partial charge in [-0.15, -0.1) is 0 Å². The summed E-state index contributed by atoms with van der Waals surface area (Å²) in [5, 5.41) is 0.692. The largest absolute Gasteiger partial charge is 1.00 e. The third kappa shape index (κ3) is 4.70. The van der Waals surface area contributed by atoms with E-state index < -0.39 is 11.4 Å². The van der Waals surface area contributed by atoms with E-state index in [-0.39, 0.29) is 23.8 Å². The lowest BCUT2D eigenvalue weighted by atomic mass is 10.1. The molecule has 0 aliphatic rings. The van der Waals surface area contributed by atoms with Gasteiger partial charge >= 0.3 is 5.63 Å². The summed E-state index contributed by atoms with van der Waals surface area (Å²) in [5.41, 5.74) is 1.16. The van der Waals surface area contributed by atoms with Gasteiger partial charge in [-0.25, -0.2) is 13.8 Å². The summed E-state index contributed by atoms with van der Waals surface area (Å²) in [6.45, 7) is 0.410. The predicted octanol–water partition coefficient (Wildman–Crippen LogP) is 1.17. The summed E-state index contributed by atoms with van der Waals surface area (Å²) in [6, 6.07) is 18.8. The molecule has 0 saturated carbocycles. The van der Waals surface area contributed by atoms with E-state index in [0.29, 0.717) is 23.1 Å². The smallest absolute Gasteiger partial charge is 0.347 e. The van der Waals surface area contributed by atoms with Crippen LogP contribution in [0.3, 0.4) is 0 Å². The highest BCUT2D eigenvalue weighted by Crippen LogP contribution is 2.13. The molecule has 0 aliphatic heterocycles. The molecular weight excluding hydrogens is 405 g/mol. The molecule has 0 radical (unpaired) electrons. The van der Waals surface area contributed by atoms with Gasteiger partial charge in [-0.05, 0) is 35.9 Å². The van der Waals surface area contributed by atoms with Crippen molar-refractivity contribution in [3.8, 4) is 0 Å². The quantitative estimate of drug-likeness (QED) is 0.210. The third-order valence-corrected chi connectivity index (χ3v) is 4.56. The van der Waals surface area contributed by atoms with Gasteiger partial charge in [0.15, 0.2) is 24.7 Å². The van der Waals surface area contributed by atoms with Crippen LogP contribution in [-0.4, -0.2) is 5.78 Å². The normalized spacial score (nSPS) is 10.8. The molecule has 0 N–H and O–H groups in total. The third-order valence-electron chi connectivity index (χ3n) is 4.56. The van der Waals surface area contributed by atoms with Gasteiger partial charge in [-0.3, -0.25) is 4.79 Å². The van der Waals surface area contributed by atoms with E-state index in [1.54, 1.807) is 60.9 Å². The van der Waals surface area contributed by atoms with Gasteiger partial charge in [-0.1, -0.05) is 36.4 Å². The van der Waals surface area contributed by atoms with Crippen molar-refractivity contribution in [3.05, 3.63) is 118 Å². The Morgan fingerprint density at radius 1 is 1.00 bits per heavy atom. The zero-order chi connectivity index (χ0) is 20.2. The molecule has 4 aromatic rings. The zero-order valence-corrected chi connectivity index (χ0v) is 16.6. The second-order valence-corrected chi connectivity index (χ2v) is 6.58. The Bertz CT molecular complexity index is 1280. The summed E-state index contributed by atoms with van der Waals surface area (Å²) in [5.74, 6) is -0.670. The Balaban J connectivity index is 0.00000256. The molecule has 0 amide bonds. The monoisotopic (exact) mass is 421 g/mol. The Hall–Kier alpha value is -3.57. The van der Waals surface area contributed by atoms with Gasteiger partial charge in [0.1, 0.15) is 17.0 Å². The number of rotatable bonds is 5. The van der Waals surface area contributed by atoms with Crippen LogP contribution in [0, 0.1) is 5.82 Å². The summed E-state index contributed by atoms with van der Waals surface area (Å²) in [6.07, 6.45) is 6.59. The minimum atomic E-state index is -0.658. The Labute approximate surface area is 178 Å². The van der Waals surface area contributed by atoms with E-state index >= 15 is 0 Å². The first-order chi connectivity index (χ1) is 14.1. The molecule has 0 atom stereocenters. The molecule has 0 unspecified atom stereocenters. The molecule has 4 nitrogen and oxygen atoms in total. The second kappa shape index (κ2) is 9.29. The van der Waals surface area contributed by atoms with Gasteiger partial charge in [0.05, 0.1) is 5.56 Å². The molecular formula is C24H17ClFNO3. The molecule has 2 heterocycles. The van der Waals surface area contributed by atoms with Crippen LogP contribution in [0.4, 0.5) is 4.39 Å². The van der Waals surface area contributed by atoms with Crippen molar-refractivity contribution in [2.24, 2.45) is 0 Å². The number of fused-ring (bicyclic) bond motifs is 1. The van der Waals surface area contributed by atoms with Crippen molar-refractivity contribution in [1.29, 1.82) is 0 Å². The number of carbonyl (C=O) groups excluding carboxylic acids is 1. The van der Waals surface area contributed by atoms with E-state index in [1.165, 1.54) is 12.1 Å². The number of carbonyl (C=O) groups is 1. The molecule has 4 rings (SSSR count). The minimum absolute atomic E-state index is 0.